The average Bonchev–Trinajstić information content (AvgIpc) is 0.891. The molecule has 0 radical (unpaired) electrons. The van der Waals surface area contributed by atoms with Gasteiger partial charge in [-0.05, 0) is 137 Å². The third kappa shape index (κ3) is 13.7. The molecule has 394 valence electrons. The van der Waals surface area contributed by atoms with Crippen molar-refractivity contribution in [2.24, 2.45) is 0 Å². The van der Waals surface area contributed by atoms with E-state index in [2.05, 4.69) is 277 Å². The summed E-state index contributed by atoms with van der Waals surface area (Å²) >= 11 is 9.85. The molecule has 1 atom stereocenters. The van der Waals surface area contributed by atoms with Crippen molar-refractivity contribution >= 4 is 174 Å². The van der Waals surface area contributed by atoms with Gasteiger partial charge >= 0.3 is 144 Å². The van der Waals surface area contributed by atoms with Crippen molar-refractivity contribution in [2.75, 3.05) is 9.62 Å². The van der Waals surface area contributed by atoms with E-state index in [-0.39, 0.29) is 72.5 Å². The van der Waals surface area contributed by atoms with Gasteiger partial charge in [-0.25, -0.2) is 4.67 Å². The van der Waals surface area contributed by atoms with Gasteiger partial charge in [-0.15, -0.1) is 0 Å². The van der Waals surface area contributed by atoms with Gasteiger partial charge in [-0.3, -0.25) is 0 Å². The van der Waals surface area contributed by atoms with Crippen molar-refractivity contribution in [1.82, 2.24) is 0 Å². The zero-order valence-corrected chi connectivity index (χ0v) is 59.1. The summed E-state index contributed by atoms with van der Waals surface area (Å²) in [4.78, 5) is 13.9. The van der Waals surface area contributed by atoms with Crippen molar-refractivity contribution in [3.63, 3.8) is 0 Å². The van der Waals surface area contributed by atoms with Crippen LogP contribution in [0.5, 0.6) is 0 Å². The number of hydrogen-bond acceptors (Lipinski definition) is 8. The molecule has 0 aromatic heterocycles. The number of fused-ring (bicyclic) bond motifs is 22. The van der Waals surface area contributed by atoms with Crippen LogP contribution in [0, 0.1) is 0 Å². The van der Waals surface area contributed by atoms with Crippen molar-refractivity contribution in [2.45, 2.75) is 7.43 Å². The second-order valence-electron chi connectivity index (χ2n) is 19.5. The predicted octanol–water partition coefficient (Wildman–Crippen LogP) is 8.58. The van der Waals surface area contributed by atoms with Crippen LogP contribution in [0.25, 0.3) is 66.8 Å². The van der Waals surface area contributed by atoms with Crippen molar-refractivity contribution < 1.29 is 80.8 Å². The largest absolute Gasteiger partial charge is 0.376 e. The van der Waals surface area contributed by atoms with Crippen LogP contribution >= 0.6 is 40.1 Å². The second-order valence-corrected chi connectivity index (χ2v) is 21.9. The van der Waals surface area contributed by atoms with Crippen LogP contribution in [-0.4, -0.2) is 94.0 Å². The first kappa shape index (κ1) is 65.4. The van der Waals surface area contributed by atoms with Crippen LogP contribution < -0.4 is 98.5 Å². The summed E-state index contributed by atoms with van der Waals surface area (Å²) in [7, 11) is -4.50. The van der Waals surface area contributed by atoms with Crippen LogP contribution in [-0.2, 0) is 9.24 Å². The molecule has 4 heterocycles. The Bertz CT molecular complexity index is 3890. The van der Waals surface area contributed by atoms with Crippen LogP contribution in [0.1, 0.15) is 7.43 Å². The number of nitrogens with zero attached hydrogens (tertiary/aromatic N) is 2. The Hall–Kier alpha value is -3.02. The van der Waals surface area contributed by atoms with Gasteiger partial charge in [0.15, 0.2) is 0 Å². The van der Waals surface area contributed by atoms with Gasteiger partial charge in [-0.1, -0.05) is 239 Å². The van der Waals surface area contributed by atoms with Gasteiger partial charge < -0.3 is 29.8 Å². The van der Waals surface area contributed by atoms with E-state index < -0.39 is 15.4 Å². The van der Waals surface area contributed by atoms with Crippen molar-refractivity contribution in [3.05, 3.63) is 270 Å². The van der Waals surface area contributed by atoms with Gasteiger partial charge in [0, 0.05) is 53.9 Å². The molecule has 0 bridgehead atoms. The molecule has 0 amide bonds. The quantitative estimate of drug-likeness (QED) is 0.0780. The van der Waals surface area contributed by atoms with Crippen LogP contribution in [0.3, 0.4) is 0 Å². The van der Waals surface area contributed by atoms with Crippen LogP contribution in [0.4, 0.5) is 22.7 Å². The Labute approximate surface area is 597 Å². The van der Waals surface area contributed by atoms with E-state index in [1.54, 1.807) is 24.3 Å². The number of rotatable bonds is 4. The summed E-state index contributed by atoms with van der Waals surface area (Å²) in [6, 6.07) is 92.7. The minimum atomic E-state index is -3.15. The fourth-order valence-corrected chi connectivity index (χ4v) is 12.4. The molecule has 17 heteroatoms. The zero-order valence-electron chi connectivity index (χ0n) is 45.7. The van der Waals surface area contributed by atoms with E-state index in [1.165, 1.54) is 175 Å². The van der Waals surface area contributed by atoms with E-state index in [0.29, 0.717) is 5.46 Å². The standard InChI is InChI=1S/C36H24BN.C24H14BBr2N.C6H7BO2.CH4.3K.HO4P/c1-3-11-25(12-4-1)27-19-21-35-31(23-27)29-15-7-9-17-33(29)37-34-18-10-8-16-30(34)32-24-28(20-22-36(32)38(35)37)26-13-5-2-6-14-26;26-15-9-11-23-19(13-15)17-5-1-3-7-21(17)25-22-8-4-2-6-18(22)20-14-16(27)10-12-24(20)28(23)25;8-7(9)6-4-2-1-3-5-6;;;;;1-4-5(2)3/h1-24H;1-14H;1-5,8-9H;1H4;;;;1H/q;;;;;;+1;/p-1. The Morgan fingerprint density at radius 2 is 0.679 bits per heavy atom. The summed E-state index contributed by atoms with van der Waals surface area (Å²) in [6.07, 6.45) is 0. The van der Waals surface area contributed by atoms with Crippen molar-refractivity contribution in [1.29, 1.82) is 0 Å². The maximum atomic E-state index is 8.87. The van der Waals surface area contributed by atoms with Gasteiger partial charge in [-0.2, -0.15) is 0 Å². The van der Waals surface area contributed by atoms with E-state index in [9.17, 15) is 0 Å². The van der Waals surface area contributed by atoms with Gasteiger partial charge in [0.1, 0.15) is 0 Å². The Balaban J connectivity index is 0.000000161. The first-order chi connectivity index (χ1) is 40.2. The Morgan fingerprint density at radius 3 is 0.976 bits per heavy atom. The van der Waals surface area contributed by atoms with Crippen LogP contribution in [0.2, 0.25) is 0 Å². The summed E-state index contributed by atoms with van der Waals surface area (Å²) in [5.74, 6) is 0. The molecule has 84 heavy (non-hydrogen) atoms. The molecule has 11 aromatic rings. The molecule has 0 spiro atoms. The first-order valence-corrected chi connectivity index (χ1v) is 45.6. The molecule has 2 N–H and O–H groups in total. The first-order valence-electron chi connectivity index (χ1n) is 27.0. The molecule has 0 fully saturated rings. The maximum Gasteiger partial charge on any atom is 0.329 e. The zero-order chi connectivity index (χ0) is 56.9. The van der Waals surface area contributed by atoms with E-state index in [1.807, 2.05) is 6.07 Å². The third-order valence-electron chi connectivity index (χ3n) is 15.0. The smallest absolute Gasteiger partial charge is 0.329 e. The molecule has 0 aliphatic carbocycles. The average molecular weight is 1320 g/mol. The number of benzene rings is 11. The topological polar surface area (TPSA) is 119 Å². The van der Waals surface area contributed by atoms with Crippen LogP contribution in [0.15, 0.2) is 270 Å². The summed E-state index contributed by atoms with van der Waals surface area (Å²) in [6.45, 7) is 0.308. The molecule has 15 rings (SSSR count). The number of halogens is 2. The van der Waals surface area contributed by atoms with Gasteiger partial charge in [0.25, 0.3) is 0 Å². The van der Waals surface area contributed by atoms with E-state index in [0.717, 1.165) is 8.95 Å². The molecule has 0 saturated carbocycles. The van der Waals surface area contributed by atoms with E-state index >= 15 is 0 Å². The molecule has 1 unspecified atom stereocenters. The number of hydrogen-bond donors (Lipinski definition) is 2. The minimum Gasteiger partial charge on any atom is -0.376 e. The van der Waals surface area contributed by atoms with Gasteiger partial charge in [0.2, 0.25) is 0 Å². The van der Waals surface area contributed by atoms with Crippen molar-refractivity contribution in [3.8, 4) is 66.8 Å². The fourth-order valence-electron chi connectivity index (χ4n) is 11.7. The minimum absolute atomic E-state index is 0. The summed E-state index contributed by atoms with van der Waals surface area (Å²) in [5, 5.41) is 25.7. The molecular weight excluding hydrogens is 1270 g/mol. The van der Waals surface area contributed by atoms with E-state index in [4.69, 9.17) is 24.8 Å². The fraction of sp³-hybridized carbons (Fsp3) is 0.0149. The normalized spacial score (nSPS) is 11.9. The summed E-state index contributed by atoms with van der Waals surface area (Å²) in [5.41, 5.74) is 26.3. The molecule has 4 aliphatic rings. The monoisotopic (exact) mass is 1320 g/mol. The second kappa shape index (κ2) is 30.5. The van der Waals surface area contributed by atoms with Gasteiger partial charge in [0.05, 0.1) is 0 Å². The number of anilines is 4. The SMILES string of the molecule is Brc1ccc2c(c1)-c1ccccc1B1c3ccccc3-c3cc(Br)ccc3N12.C.O=[P+]([O-])O[O-].OB(O)c1ccccc1.[K+].[K][K].c1ccc(-c2ccc3c(c2)-c2ccccc2B2c4ccccc4-c4cc(-c5ccccc5)ccc4N23)cc1. The predicted molar refractivity (Wildman–Crippen MR) is 351 cm³/mol. The molecule has 8 nitrogen and oxygen atoms in total. The maximum absolute atomic E-state index is 8.87. The summed E-state index contributed by atoms with van der Waals surface area (Å²) < 4.78 is 13.5. The molecule has 4 aliphatic heterocycles. The Kier molecular flexibility index (Phi) is 23.7. The molecule has 11 aromatic carbocycles. The molecule has 0 saturated heterocycles. The molecular formula is C67H49B3Br2K3N2O6P. The third-order valence-corrected chi connectivity index (χ3v) is 16.1. The Morgan fingerprint density at radius 1 is 0.405 bits per heavy atom.